The summed E-state index contributed by atoms with van der Waals surface area (Å²) in [5.74, 6) is 2.98. The molecule has 1 saturated heterocycles. The van der Waals surface area contributed by atoms with Gasteiger partial charge in [0.15, 0.2) is 5.96 Å². The zero-order valence-electron chi connectivity index (χ0n) is 16.4. The minimum atomic E-state index is 0.546. The summed E-state index contributed by atoms with van der Waals surface area (Å²) in [4.78, 5) is 17.7. The van der Waals surface area contributed by atoms with Crippen LogP contribution in [0.25, 0.3) is 0 Å². The van der Waals surface area contributed by atoms with Gasteiger partial charge in [0.05, 0.1) is 24.9 Å². The molecule has 0 radical (unpaired) electrons. The van der Waals surface area contributed by atoms with E-state index in [1.807, 2.05) is 19.2 Å². The van der Waals surface area contributed by atoms with Crippen LogP contribution >= 0.6 is 15.9 Å². The first-order valence-electron chi connectivity index (χ1n) is 9.04. The average Bonchev–Trinajstić information content (AvgIpc) is 2.75. The molecule has 0 saturated carbocycles. The number of nitrogens with one attached hydrogen (secondary N) is 1. The van der Waals surface area contributed by atoms with Crippen LogP contribution in [0.4, 0.5) is 5.95 Å². The molecule has 28 heavy (non-hydrogen) atoms. The predicted molar refractivity (Wildman–Crippen MR) is 113 cm³/mol. The van der Waals surface area contributed by atoms with Crippen LogP contribution in [0.1, 0.15) is 5.56 Å². The molecule has 1 fully saturated rings. The van der Waals surface area contributed by atoms with E-state index in [9.17, 15) is 0 Å². The first-order valence-corrected chi connectivity index (χ1v) is 9.84. The predicted octanol–water partition coefficient (Wildman–Crippen LogP) is 2.15. The number of aliphatic imine (C=N–C) groups is 1. The highest BCUT2D eigenvalue weighted by Crippen LogP contribution is 2.23. The summed E-state index contributed by atoms with van der Waals surface area (Å²) in [6, 6.07) is 8.03. The zero-order chi connectivity index (χ0) is 19.9. The van der Waals surface area contributed by atoms with Crippen molar-refractivity contribution >= 4 is 27.8 Å². The largest absolute Gasteiger partial charge is 0.497 e. The van der Waals surface area contributed by atoms with Gasteiger partial charge in [-0.25, -0.2) is 4.98 Å². The molecule has 0 atom stereocenters. The van der Waals surface area contributed by atoms with Gasteiger partial charge in [-0.05, 0) is 33.6 Å². The number of halogens is 1. The highest BCUT2D eigenvalue weighted by atomic mass is 79.9. The second-order valence-electron chi connectivity index (χ2n) is 6.25. The van der Waals surface area contributed by atoms with Crippen molar-refractivity contribution in [3.05, 3.63) is 40.5 Å². The summed E-state index contributed by atoms with van der Waals surface area (Å²) in [5, 5.41) is 3.43. The molecule has 1 aliphatic heterocycles. The number of ether oxygens (including phenoxy) is 2. The van der Waals surface area contributed by atoms with Gasteiger partial charge in [0.2, 0.25) is 11.8 Å². The third kappa shape index (κ3) is 4.83. The molecule has 1 aromatic carbocycles. The Bertz CT molecular complexity index is 807. The van der Waals surface area contributed by atoms with Gasteiger partial charge in [-0.3, -0.25) is 4.99 Å². The Hall–Kier alpha value is -2.55. The molecule has 0 bridgehead atoms. The highest BCUT2D eigenvalue weighted by Gasteiger charge is 2.22. The van der Waals surface area contributed by atoms with Gasteiger partial charge < -0.3 is 24.6 Å². The Morgan fingerprint density at radius 3 is 2.46 bits per heavy atom. The molecule has 1 aromatic heterocycles. The van der Waals surface area contributed by atoms with E-state index in [1.165, 1.54) is 5.56 Å². The van der Waals surface area contributed by atoms with Crippen molar-refractivity contribution in [2.24, 2.45) is 4.99 Å². The summed E-state index contributed by atoms with van der Waals surface area (Å²) in [7, 11) is 5.09. The van der Waals surface area contributed by atoms with Gasteiger partial charge in [0.25, 0.3) is 0 Å². The quantitative estimate of drug-likeness (QED) is 0.554. The molecular formula is C19H25BrN6O2. The fraction of sp³-hybridized carbons (Fsp3) is 0.421. The second-order valence-corrected chi connectivity index (χ2v) is 7.10. The molecule has 2 aromatic rings. The highest BCUT2D eigenvalue weighted by molar-refractivity contribution is 9.10. The third-order valence-electron chi connectivity index (χ3n) is 4.58. The maximum atomic E-state index is 5.27. The molecule has 0 aliphatic carbocycles. The molecule has 8 nitrogen and oxygen atoms in total. The number of nitrogens with zero attached hydrogens (tertiary/aromatic N) is 5. The van der Waals surface area contributed by atoms with E-state index >= 15 is 0 Å². The fourth-order valence-corrected chi connectivity index (χ4v) is 3.37. The lowest BCUT2D eigenvalue weighted by Crippen LogP contribution is -2.52. The molecule has 1 N–H and O–H groups in total. The average molecular weight is 449 g/mol. The van der Waals surface area contributed by atoms with E-state index in [1.54, 1.807) is 20.4 Å². The number of guanidine groups is 1. The Morgan fingerprint density at radius 1 is 1.14 bits per heavy atom. The molecule has 150 valence electrons. The van der Waals surface area contributed by atoms with Gasteiger partial charge >= 0.3 is 0 Å². The normalized spacial score (nSPS) is 14.8. The number of benzene rings is 1. The van der Waals surface area contributed by atoms with Crippen molar-refractivity contribution in [2.75, 3.05) is 52.3 Å². The second kappa shape index (κ2) is 9.59. The lowest BCUT2D eigenvalue weighted by molar-refractivity contribution is 0.366. The van der Waals surface area contributed by atoms with Crippen molar-refractivity contribution in [3.8, 4) is 11.6 Å². The van der Waals surface area contributed by atoms with Crippen LogP contribution in [0.15, 0.2) is 39.9 Å². The first kappa shape index (κ1) is 20.2. The number of methoxy groups -OCH3 is 2. The minimum absolute atomic E-state index is 0.546. The summed E-state index contributed by atoms with van der Waals surface area (Å²) in [6.07, 6.45) is 1.73. The number of aromatic nitrogens is 2. The van der Waals surface area contributed by atoms with Gasteiger partial charge in [-0.1, -0.05) is 12.1 Å². The van der Waals surface area contributed by atoms with Crippen molar-refractivity contribution < 1.29 is 9.47 Å². The molecule has 0 spiro atoms. The summed E-state index contributed by atoms with van der Waals surface area (Å²) in [5.41, 5.74) is 1.18. The number of rotatable bonds is 5. The summed E-state index contributed by atoms with van der Waals surface area (Å²) < 4.78 is 11.2. The molecule has 3 rings (SSSR count). The topological polar surface area (TPSA) is 75.1 Å². The number of piperazine rings is 1. The van der Waals surface area contributed by atoms with Gasteiger partial charge in [-0.2, -0.15) is 4.98 Å². The van der Waals surface area contributed by atoms with Crippen molar-refractivity contribution in [2.45, 2.75) is 6.54 Å². The lowest BCUT2D eigenvalue weighted by atomic mass is 10.2. The third-order valence-corrected chi connectivity index (χ3v) is 5.12. The molecule has 1 aliphatic rings. The molecule has 9 heteroatoms. The van der Waals surface area contributed by atoms with E-state index in [0.717, 1.165) is 42.4 Å². The van der Waals surface area contributed by atoms with Gasteiger partial charge in [-0.15, -0.1) is 0 Å². The lowest BCUT2D eigenvalue weighted by Gasteiger charge is -2.36. The van der Waals surface area contributed by atoms with Crippen molar-refractivity contribution in [1.82, 2.24) is 20.2 Å². The van der Waals surface area contributed by atoms with E-state index in [-0.39, 0.29) is 0 Å². The van der Waals surface area contributed by atoms with Crippen molar-refractivity contribution in [1.29, 1.82) is 0 Å². The Morgan fingerprint density at radius 2 is 1.86 bits per heavy atom. The van der Waals surface area contributed by atoms with Gasteiger partial charge in [0.1, 0.15) is 5.75 Å². The molecule has 2 heterocycles. The van der Waals surface area contributed by atoms with Crippen LogP contribution < -0.4 is 19.7 Å². The molecule has 0 unspecified atom stereocenters. The first-order chi connectivity index (χ1) is 13.6. The maximum absolute atomic E-state index is 5.27. The number of hydrogen-bond acceptors (Lipinski definition) is 6. The van der Waals surface area contributed by atoms with Crippen LogP contribution in [-0.4, -0.2) is 68.3 Å². The van der Waals surface area contributed by atoms with Crippen LogP contribution in [0.5, 0.6) is 11.6 Å². The van der Waals surface area contributed by atoms with Crippen LogP contribution in [0, 0.1) is 0 Å². The fourth-order valence-electron chi connectivity index (χ4n) is 3.01. The van der Waals surface area contributed by atoms with Crippen LogP contribution in [0.2, 0.25) is 0 Å². The zero-order valence-corrected chi connectivity index (χ0v) is 17.9. The van der Waals surface area contributed by atoms with E-state index in [0.29, 0.717) is 18.4 Å². The summed E-state index contributed by atoms with van der Waals surface area (Å²) in [6.45, 7) is 4.01. The summed E-state index contributed by atoms with van der Waals surface area (Å²) >= 11 is 3.39. The standard InChI is InChI=1S/C19H25BrN6O2/c1-21-18(22-12-14-4-6-15(27-2)7-5-14)25-8-10-26(11-9-25)19-23-13-16(20)17(24-19)28-3/h4-7,13H,8-12H2,1-3H3,(H,21,22). The van der Waals surface area contributed by atoms with E-state index in [2.05, 4.69) is 58.1 Å². The molecular weight excluding hydrogens is 424 g/mol. The maximum Gasteiger partial charge on any atom is 0.232 e. The Kier molecular flexibility index (Phi) is 6.91. The Balaban J connectivity index is 1.55. The monoisotopic (exact) mass is 448 g/mol. The number of hydrogen-bond donors (Lipinski definition) is 1. The van der Waals surface area contributed by atoms with Crippen LogP contribution in [-0.2, 0) is 6.54 Å². The van der Waals surface area contributed by atoms with Gasteiger partial charge in [0, 0.05) is 39.8 Å². The SMILES string of the molecule is CN=C(NCc1ccc(OC)cc1)N1CCN(c2ncc(Br)c(OC)n2)CC1. The van der Waals surface area contributed by atoms with E-state index in [4.69, 9.17) is 9.47 Å². The van der Waals surface area contributed by atoms with E-state index < -0.39 is 0 Å². The van der Waals surface area contributed by atoms with Crippen LogP contribution in [0.3, 0.4) is 0 Å². The smallest absolute Gasteiger partial charge is 0.232 e. The number of anilines is 1. The minimum Gasteiger partial charge on any atom is -0.497 e. The Labute approximate surface area is 173 Å². The molecule has 0 amide bonds. The van der Waals surface area contributed by atoms with Crippen molar-refractivity contribution in [3.63, 3.8) is 0 Å².